The van der Waals surface area contributed by atoms with Gasteiger partial charge < -0.3 is 5.73 Å². The number of hydrogen-bond donors (Lipinski definition) is 1. The van der Waals surface area contributed by atoms with Gasteiger partial charge in [-0.25, -0.2) is 8.42 Å². The van der Waals surface area contributed by atoms with E-state index >= 15 is 0 Å². The van der Waals surface area contributed by atoms with Crippen LogP contribution in [-0.2, 0) is 10.0 Å². The number of halogens is 1. The lowest BCUT2D eigenvalue weighted by Crippen LogP contribution is -2.34. The minimum atomic E-state index is -3.43. The molecule has 1 atom stereocenters. The molecule has 1 aliphatic rings. The van der Waals surface area contributed by atoms with E-state index in [4.69, 9.17) is 5.73 Å². The Bertz CT molecular complexity index is 630. The van der Waals surface area contributed by atoms with E-state index in [9.17, 15) is 8.42 Å². The van der Waals surface area contributed by atoms with E-state index in [1.807, 2.05) is 26.8 Å². The van der Waals surface area contributed by atoms with Crippen molar-refractivity contribution in [2.45, 2.75) is 32.1 Å². The van der Waals surface area contributed by atoms with Crippen LogP contribution >= 0.6 is 15.9 Å². The monoisotopic (exact) mass is 360 g/mol. The van der Waals surface area contributed by atoms with Gasteiger partial charge in [-0.1, -0.05) is 22.9 Å². The Morgan fingerprint density at radius 3 is 2.55 bits per heavy atom. The van der Waals surface area contributed by atoms with Crippen LogP contribution in [0.2, 0.25) is 0 Å². The molecule has 1 saturated heterocycles. The van der Waals surface area contributed by atoms with Gasteiger partial charge >= 0.3 is 0 Å². The first-order chi connectivity index (χ1) is 9.19. The van der Waals surface area contributed by atoms with Crippen LogP contribution < -0.4 is 5.73 Å². The first-order valence-electron chi connectivity index (χ1n) is 6.67. The number of aryl methyl sites for hydroxylation is 2. The molecule has 0 aliphatic carbocycles. The standard InChI is InChI=1S/C14H21BrN2O2S/c1-10-7-13(11(2)6-12(10)15)20(18,19)17-5-4-14(3,8-16)9-17/h6-7H,4-5,8-9,16H2,1-3H3. The molecule has 0 amide bonds. The van der Waals surface area contributed by atoms with E-state index in [2.05, 4.69) is 15.9 Å². The first-order valence-corrected chi connectivity index (χ1v) is 8.90. The molecule has 1 aromatic carbocycles. The van der Waals surface area contributed by atoms with Crippen LogP contribution in [0.5, 0.6) is 0 Å². The molecule has 0 aromatic heterocycles. The Kier molecular flexibility index (Phi) is 4.31. The van der Waals surface area contributed by atoms with E-state index < -0.39 is 10.0 Å². The summed E-state index contributed by atoms with van der Waals surface area (Å²) >= 11 is 3.43. The Morgan fingerprint density at radius 2 is 2.00 bits per heavy atom. The largest absolute Gasteiger partial charge is 0.330 e. The Morgan fingerprint density at radius 1 is 1.35 bits per heavy atom. The van der Waals surface area contributed by atoms with Crippen LogP contribution in [0.3, 0.4) is 0 Å². The van der Waals surface area contributed by atoms with Crippen molar-refractivity contribution in [3.8, 4) is 0 Å². The molecule has 20 heavy (non-hydrogen) atoms. The topological polar surface area (TPSA) is 63.4 Å². The van der Waals surface area contributed by atoms with Crippen molar-refractivity contribution in [2.24, 2.45) is 11.1 Å². The maximum atomic E-state index is 12.8. The Hall–Kier alpha value is -0.430. The third-order valence-corrected chi connectivity index (χ3v) is 6.93. The molecule has 1 fully saturated rings. The normalized spacial score (nSPS) is 24.2. The minimum Gasteiger partial charge on any atom is -0.330 e. The van der Waals surface area contributed by atoms with Crippen LogP contribution in [0.1, 0.15) is 24.5 Å². The van der Waals surface area contributed by atoms with Gasteiger partial charge in [-0.05, 0) is 55.5 Å². The predicted octanol–water partition coefficient (Wildman–Crippen LogP) is 2.43. The van der Waals surface area contributed by atoms with E-state index in [1.165, 1.54) is 0 Å². The molecule has 0 radical (unpaired) electrons. The molecule has 0 spiro atoms. The zero-order valence-corrected chi connectivity index (χ0v) is 14.5. The fourth-order valence-corrected chi connectivity index (χ4v) is 4.86. The predicted molar refractivity (Wildman–Crippen MR) is 84.2 cm³/mol. The molecule has 1 heterocycles. The molecule has 0 saturated carbocycles. The molecule has 6 heteroatoms. The average Bonchev–Trinajstić information content (AvgIpc) is 2.78. The maximum absolute atomic E-state index is 12.8. The van der Waals surface area contributed by atoms with Crippen LogP contribution in [-0.4, -0.2) is 32.4 Å². The highest BCUT2D eigenvalue weighted by molar-refractivity contribution is 9.10. The molecule has 4 nitrogen and oxygen atoms in total. The van der Waals surface area contributed by atoms with E-state index in [1.54, 1.807) is 10.4 Å². The maximum Gasteiger partial charge on any atom is 0.243 e. The molecule has 1 unspecified atom stereocenters. The summed E-state index contributed by atoms with van der Waals surface area (Å²) in [5.41, 5.74) is 7.35. The van der Waals surface area contributed by atoms with E-state index in [-0.39, 0.29) is 5.41 Å². The summed E-state index contributed by atoms with van der Waals surface area (Å²) in [5, 5.41) is 0. The zero-order valence-electron chi connectivity index (χ0n) is 12.1. The number of sulfonamides is 1. The molecule has 1 aromatic rings. The lowest BCUT2D eigenvalue weighted by molar-refractivity contribution is 0.349. The highest BCUT2D eigenvalue weighted by Crippen LogP contribution is 2.34. The van der Waals surface area contributed by atoms with Gasteiger partial charge in [0.2, 0.25) is 10.0 Å². The molecule has 0 bridgehead atoms. The lowest BCUT2D eigenvalue weighted by Gasteiger charge is -2.23. The van der Waals surface area contributed by atoms with Gasteiger partial charge in [-0.2, -0.15) is 4.31 Å². The first kappa shape index (κ1) is 15.9. The number of benzene rings is 1. The summed E-state index contributed by atoms with van der Waals surface area (Å²) in [6.45, 7) is 7.33. The van der Waals surface area contributed by atoms with Crippen molar-refractivity contribution in [3.63, 3.8) is 0 Å². The summed E-state index contributed by atoms with van der Waals surface area (Å²) in [7, 11) is -3.43. The SMILES string of the molecule is Cc1cc(S(=O)(=O)N2CCC(C)(CN)C2)c(C)cc1Br. The van der Waals surface area contributed by atoms with Crippen molar-refractivity contribution >= 4 is 26.0 Å². The Labute approximate surface area is 129 Å². The number of hydrogen-bond acceptors (Lipinski definition) is 3. The van der Waals surface area contributed by atoms with Crippen molar-refractivity contribution in [2.75, 3.05) is 19.6 Å². The lowest BCUT2D eigenvalue weighted by atomic mass is 9.90. The van der Waals surface area contributed by atoms with E-state index in [0.717, 1.165) is 22.0 Å². The summed E-state index contributed by atoms with van der Waals surface area (Å²) in [6.07, 6.45) is 0.817. The smallest absolute Gasteiger partial charge is 0.243 e. The third kappa shape index (κ3) is 2.79. The summed E-state index contributed by atoms with van der Waals surface area (Å²) in [6, 6.07) is 3.60. The van der Waals surface area contributed by atoms with Crippen molar-refractivity contribution in [3.05, 3.63) is 27.7 Å². The average molecular weight is 361 g/mol. The fraction of sp³-hybridized carbons (Fsp3) is 0.571. The Balaban J connectivity index is 2.40. The molecular weight excluding hydrogens is 340 g/mol. The highest BCUT2D eigenvalue weighted by Gasteiger charge is 2.39. The van der Waals surface area contributed by atoms with Crippen LogP contribution in [0.4, 0.5) is 0 Å². The van der Waals surface area contributed by atoms with Gasteiger partial charge in [0.15, 0.2) is 0 Å². The second-order valence-electron chi connectivity index (χ2n) is 5.97. The molecule has 2 N–H and O–H groups in total. The highest BCUT2D eigenvalue weighted by atomic mass is 79.9. The van der Waals surface area contributed by atoms with Crippen LogP contribution in [0.25, 0.3) is 0 Å². The van der Waals surface area contributed by atoms with Crippen LogP contribution in [0.15, 0.2) is 21.5 Å². The van der Waals surface area contributed by atoms with E-state index in [0.29, 0.717) is 24.5 Å². The molecule has 2 rings (SSSR count). The summed E-state index contributed by atoms with van der Waals surface area (Å²) < 4.78 is 28.1. The van der Waals surface area contributed by atoms with Gasteiger partial charge in [0.25, 0.3) is 0 Å². The number of rotatable bonds is 3. The second kappa shape index (κ2) is 5.40. The van der Waals surface area contributed by atoms with Crippen molar-refractivity contribution < 1.29 is 8.42 Å². The molecule has 1 aliphatic heterocycles. The number of nitrogens with two attached hydrogens (primary N) is 1. The fourth-order valence-electron chi connectivity index (χ4n) is 2.52. The summed E-state index contributed by atoms with van der Waals surface area (Å²) in [4.78, 5) is 0.402. The van der Waals surface area contributed by atoms with Crippen molar-refractivity contribution in [1.29, 1.82) is 0 Å². The molecule has 112 valence electrons. The van der Waals surface area contributed by atoms with Gasteiger partial charge in [0.1, 0.15) is 0 Å². The van der Waals surface area contributed by atoms with Gasteiger partial charge in [-0.15, -0.1) is 0 Å². The second-order valence-corrected chi connectivity index (χ2v) is 8.73. The van der Waals surface area contributed by atoms with Gasteiger partial charge in [0, 0.05) is 17.6 Å². The van der Waals surface area contributed by atoms with Gasteiger partial charge in [0.05, 0.1) is 4.90 Å². The minimum absolute atomic E-state index is 0.106. The quantitative estimate of drug-likeness (QED) is 0.899. The third-order valence-electron chi connectivity index (χ3n) is 4.09. The van der Waals surface area contributed by atoms with Crippen molar-refractivity contribution in [1.82, 2.24) is 4.31 Å². The number of nitrogens with zero attached hydrogens (tertiary/aromatic N) is 1. The summed E-state index contributed by atoms with van der Waals surface area (Å²) in [5.74, 6) is 0. The van der Waals surface area contributed by atoms with Gasteiger partial charge in [-0.3, -0.25) is 0 Å². The zero-order chi connectivity index (χ0) is 15.1. The van der Waals surface area contributed by atoms with Crippen LogP contribution in [0, 0.1) is 19.3 Å². The molecular formula is C14H21BrN2O2S.